The summed E-state index contributed by atoms with van der Waals surface area (Å²) in [6, 6.07) is 12.0. The monoisotopic (exact) mass is 258 g/mol. The van der Waals surface area contributed by atoms with Crippen molar-refractivity contribution < 1.29 is 13.9 Å². The van der Waals surface area contributed by atoms with E-state index in [0.29, 0.717) is 5.56 Å². The van der Waals surface area contributed by atoms with E-state index < -0.39 is 5.82 Å². The van der Waals surface area contributed by atoms with E-state index in [-0.39, 0.29) is 18.0 Å². The fraction of sp³-hybridized carbons (Fsp3) is 0.188. The summed E-state index contributed by atoms with van der Waals surface area (Å²) in [6.45, 7) is 1.96. The molecule has 0 fully saturated rings. The van der Waals surface area contributed by atoms with Crippen molar-refractivity contribution in [2.24, 2.45) is 0 Å². The lowest BCUT2D eigenvalue weighted by Crippen LogP contribution is -2.05. The molecule has 2 nitrogen and oxygen atoms in total. The minimum atomic E-state index is -0.516. The third-order valence-corrected chi connectivity index (χ3v) is 3.09. The number of hydrogen-bond acceptors (Lipinski definition) is 2. The third kappa shape index (κ3) is 2.99. The molecule has 0 saturated heterocycles. The van der Waals surface area contributed by atoms with Gasteiger partial charge in [0.15, 0.2) is 17.3 Å². The standard InChI is InChI=1S/C16H15FO2/c1-11-5-3-4-6-12(11)10-15(18)13-7-8-16(19-2)14(17)9-13/h3-9H,10H2,1-2H3. The van der Waals surface area contributed by atoms with Crippen LogP contribution in [0.15, 0.2) is 42.5 Å². The summed E-state index contributed by atoms with van der Waals surface area (Å²) < 4.78 is 18.4. The van der Waals surface area contributed by atoms with Gasteiger partial charge in [0.05, 0.1) is 7.11 Å². The normalized spacial score (nSPS) is 10.3. The van der Waals surface area contributed by atoms with Gasteiger partial charge in [-0.2, -0.15) is 0 Å². The van der Waals surface area contributed by atoms with E-state index in [1.54, 1.807) is 6.07 Å². The number of hydrogen-bond donors (Lipinski definition) is 0. The van der Waals surface area contributed by atoms with Gasteiger partial charge in [0, 0.05) is 12.0 Å². The van der Waals surface area contributed by atoms with Crippen molar-refractivity contribution in [1.29, 1.82) is 0 Å². The molecule has 0 aromatic heterocycles. The predicted molar refractivity (Wildman–Crippen MR) is 72.2 cm³/mol. The average Bonchev–Trinajstić information content (AvgIpc) is 2.41. The van der Waals surface area contributed by atoms with Crippen LogP contribution in [0.2, 0.25) is 0 Å². The smallest absolute Gasteiger partial charge is 0.167 e. The van der Waals surface area contributed by atoms with E-state index in [4.69, 9.17) is 4.74 Å². The maximum absolute atomic E-state index is 13.6. The second-order valence-corrected chi connectivity index (χ2v) is 4.38. The molecule has 0 aliphatic heterocycles. The van der Waals surface area contributed by atoms with Gasteiger partial charge in [-0.15, -0.1) is 0 Å². The highest BCUT2D eigenvalue weighted by Crippen LogP contribution is 2.19. The Bertz CT molecular complexity index is 605. The molecule has 0 amide bonds. The van der Waals surface area contributed by atoms with Crippen molar-refractivity contribution in [3.8, 4) is 5.75 Å². The van der Waals surface area contributed by atoms with Crippen LogP contribution < -0.4 is 4.74 Å². The number of Topliss-reactive ketones (excluding diaryl/α,β-unsaturated/α-hetero) is 1. The molecule has 0 atom stereocenters. The van der Waals surface area contributed by atoms with E-state index in [0.717, 1.165) is 11.1 Å². The van der Waals surface area contributed by atoms with Crippen LogP contribution in [0.1, 0.15) is 21.5 Å². The number of methoxy groups -OCH3 is 1. The van der Waals surface area contributed by atoms with Crippen LogP contribution in [-0.4, -0.2) is 12.9 Å². The molecule has 0 bridgehead atoms. The number of halogens is 1. The SMILES string of the molecule is COc1ccc(C(=O)Cc2ccccc2C)cc1F. The van der Waals surface area contributed by atoms with Gasteiger partial charge >= 0.3 is 0 Å². The highest BCUT2D eigenvalue weighted by molar-refractivity contribution is 5.97. The zero-order chi connectivity index (χ0) is 13.8. The maximum Gasteiger partial charge on any atom is 0.167 e. The molecular weight excluding hydrogens is 243 g/mol. The summed E-state index contributed by atoms with van der Waals surface area (Å²) >= 11 is 0. The van der Waals surface area contributed by atoms with Gasteiger partial charge in [0.1, 0.15) is 0 Å². The summed E-state index contributed by atoms with van der Waals surface area (Å²) in [5, 5.41) is 0. The van der Waals surface area contributed by atoms with E-state index >= 15 is 0 Å². The molecule has 0 N–H and O–H groups in total. The molecule has 2 rings (SSSR count). The first-order chi connectivity index (χ1) is 9.11. The van der Waals surface area contributed by atoms with Crippen LogP contribution >= 0.6 is 0 Å². The molecule has 3 heteroatoms. The number of aryl methyl sites for hydroxylation is 1. The van der Waals surface area contributed by atoms with Gasteiger partial charge in [-0.3, -0.25) is 4.79 Å². The average molecular weight is 258 g/mol. The van der Waals surface area contributed by atoms with Crippen molar-refractivity contribution in [3.63, 3.8) is 0 Å². The Hall–Kier alpha value is -2.16. The third-order valence-electron chi connectivity index (χ3n) is 3.09. The maximum atomic E-state index is 13.6. The first kappa shape index (κ1) is 13.3. The van der Waals surface area contributed by atoms with Gasteiger partial charge < -0.3 is 4.74 Å². The predicted octanol–water partition coefficient (Wildman–Crippen LogP) is 3.57. The highest BCUT2D eigenvalue weighted by Gasteiger charge is 2.11. The molecular formula is C16H15FO2. The van der Waals surface area contributed by atoms with Gasteiger partial charge in [-0.1, -0.05) is 24.3 Å². The lowest BCUT2D eigenvalue weighted by Gasteiger charge is -2.06. The molecule has 0 heterocycles. The van der Waals surface area contributed by atoms with E-state index in [9.17, 15) is 9.18 Å². The van der Waals surface area contributed by atoms with Gasteiger partial charge in [-0.05, 0) is 36.2 Å². The van der Waals surface area contributed by atoms with Crippen LogP contribution in [0.25, 0.3) is 0 Å². The number of carbonyl (C=O) groups excluding carboxylic acids is 1. The number of rotatable bonds is 4. The summed E-state index contributed by atoms with van der Waals surface area (Å²) in [7, 11) is 1.40. The second-order valence-electron chi connectivity index (χ2n) is 4.38. The second kappa shape index (κ2) is 5.65. The largest absolute Gasteiger partial charge is 0.494 e. The van der Waals surface area contributed by atoms with E-state index in [1.165, 1.54) is 19.2 Å². The minimum Gasteiger partial charge on any atom is -0.494 e. The van der Waals surface area contributed by atoms with Crippen LogP contribution in [0.5, 0.6) is 5.75 Å². The Labute approximate surface area is 111 Å². The highest BCUT2D eigenvalue weighted by atomic mass is 19.1. The summed E-state index contributed by atoms with van der Waals surface area (Å²) in [5.41, 5.74) is 2.38. The molecule has 98 valence electrons. The zero-order valence-corrected chi connectivity index (χ0v) is 10.9. The summed E-state index contributed by atoms with van der Waals surface area (Å²) in [4.78, 5) is 12.1. The van der Waals surface area contributed by atoms with Gasteiger partial charge in [0.25, 0.3) is 0 Å². The molecule has 0 spiro atoms. The number of ketones is 1. The van der Waals surface area contributed by atoms with Gasteiger partial charge in [-0.25, -0.2) is 4.39 Å². The van der Waals surface area contributed by atoms with Crippen LogP contribution in [0.4, 0.5) is 4.39 Å². The zero-order valence-electron chi connectivity index (χ0n) is 10.9. The Morgan fingerprint density at radius 3 is 2.58 bits per heavy atom. The fourth-order valence-corrected chi connectivity index (χ4v) is 1.92. The van der Waals surface area contributed by atoms with E-state index in [1.807, 2.05) is 31.2 Å². The minimum absolute atomic E-state index is 0.101. The Balaban J connectivity index is 2.21. The van der Waals surface area contributed by atoms with Crippen molar-refractivity contribution in [2.75, 3.05) is 7.11 Å². The number of ether oxygens (including phenoxy) is 1. The van der Waals surface area contributed by atoms with Crippen molar-refractivity contribution in [1.82, 2.24) is 0 Å². The summed E-state index contributed by atoms with van der Waals surface area (Å²) in [5.74, 6) is -0.471. The fourth-order valence-electron chi connectivity index (χ4n) is 1.92. The number of carbonyl (C=O) groups is 1. The Morgan fingerprint density at radius 1 is 1.21 bits per heavy atom. The molecule has 0 saturated carbocycles. The molecule has 19 heavy (non-hydrogen) atoms. The first-order valence-electron chi connectivity index (χ1n) is 6.03. The van der Waals surface area contributed by atoms with Crippen LogP contribution in [-0.2, 0) is 6.42 Å². The first-order valence-corrected chi connectivity index (χ1v) is 6.03. The molecule has 2 aromatic carbocycles. The Morgan fingerprint density at radius 2 is 1.95 bits per heavy atom. The van der Waals surface area contributed by atoms with Crippen LogP contribution in [0.3, 0.4) is 0 Å². The van der Waals surface area contributed by atoms with Crippen molar-refractivity contribution >= 4 is 5.78 Å². The van der Waals surface area contributed by atoms with E-state index in [2.05, 4.69) is 0 Å². The molecule has 0 unspecified atom stereocenters. The lowest BCUT2D eigenvalue weighted by molar-refractivity contribution is 0.0992. The molecule has 0 radical (unpaired) electrons. The van der Waals surface area contributed by atoms with Crippen molar-refractivity contribution in [3.05, 3.63) is 65.0 Å². The number of benzene rings is 2. The quantitative estimate of drug-likeness (QED) is 0.784. The van der Waals surface area contributed by atoms with Crippen LogP contribution in [0, 0.1) is 12.7 Å². The topological polar surface area (TPSA) is 26.3 Å². The lowest BCUT2D eigenvalue weighted by atomic mass is 9.99. The molecule has 0 aliphatic carbocycles. The van der Waals surface area contributed by atoms with Gasteiger partial charge in [0.2, 0.25) is 0 Å². The molecule has 0 aliphatic rings. The van der Waals surface area contributed by atoms with Crippen molar-refractivity contribution in [2.45, 2.75) is 13.3 Å². The summed E-state index contributed by atoms with van der Waals surface area (Å²) in [6.07, 6.45) is 0.276. The Kier molecular flexibility index (Phi) is 3.95. The molecule has 2 aromatic rings.